The van der Waals surface area contributed by atoms with Crippen molar-refractivity contribution in [2.75, 3.05) is 26.4 Å². The predicted molar refractivity (Wildman–Crippen MR) is 265 cm³/mol. The van der Waals surface area contributed by atoms with Crippen LogP contribution in [0.2, 0.25) is 0 Å². The molecule has 0 saturated carbocycles. The lowest BCUT2D eigenvalue weighted by molar-refractivity contribution is -0.305. The number of allylic oxidation sites excluding steroid dienone is 6. The minimum atomic E-state index is -1.54. The molecular weight excluding hydrogens is 805 g/mol. The molecule has 1 fully saturated rings. The Morgan fingerprint density at radius 1 is 0.500 bits per heavy atom. The summed E-state index contributed by atoms with van der Waals surface area (Å²) in [5, 5.41) is 40.3. The Morgan fingerprint density at radius 2 is 0.906 bits per heavy atom. The first-order chi connectivity index (χ1) is 31.4. The fourth-order valence-electron chi connectivity index (χ4n) is 8.32. The maximum atomic E-state index is 12.9. The average molecular weight is 907 g/mol. The highest BCUT2D eigenvalue weighted by atomic mass is 16.7. The molecule has 9 nitrogen and oxygen atoms in total. The van der Waals surface area contributed by atoms with Gasteiger partial charge in [-0.25, -0.2) is 0 Å². The van der Waals surface area contributed by atoms with Crippen molar-refractivity contribution in [3.05, 3.63) is 36.5 Å². The molecule has 0 bridgehead atoms. The van der Waals surface area contributed by atoms with E-state index < -0.39 is 43.4 Å². The molecule has 6 unspecified atom stereocenters. The van der Waals surface area contributed by atoms with Gasteiger partial charge in [0.2, 0.25) is 0 Å². The van der Waals surface area contributed by atoms with E-state index in [0.717, 1.165) is 44.9 Å². The molecule has 1 aliphatic heterocycles. The monoisotopic (exact) mass is 907 g/mol. The van der Waals surface area contributed by atoms with Crippen LogP contribution < -0.4 is 0 Å². The Hall–Kier alpha value is -1.59. The third kappa shape index (κ3) is 36.5. The van der Waals surface area contributed by atoms with E-state index in [4.69, 9.17) is 18.9 Å². The van der Waals surface area contributed by atoms with Gasteiger partial charge in [0.25, 0.3) is 0 Å². The number of esters is 1. The molecular formula is C55H102O9. The lowest BCUT2D eigenvalue weighted by Gasteiger charge is -2.39. The largest absolute Gasteiger partial charge is 0.457 e. The van der Waals surface area contributed by atoms with Gasteiger partial charge in [0.1, 0.15) is 30.5 Å². The quantitative estimate of drug-likeness (QED) is 0.0267. The van der Waals surface area contributed by atoms with Crippen LogP contribution in [0.3, 0.4) is 0 Å². The predicted octanol–water partition coefficient (Wildman–Crippen LogP) is 13.5. The normalized spacial score (nSPS) is 19.8. The average Bonchev–Trinajstić information content (AvgIpc) is 3.30. The molecule has 0 aromatic carbocycles. The highest BCUT2D eigenvalue weighted by molar-refractivity contribution is 5.69. The molecule has 4 N–H and O–H groups in total. The lowest BCUT2D eigenvalue weighted by Crippen LogP contribution is -2.59. The number of aliphatic hydroxyl groups is 4. The molecule has 0 aromatic heterocycles. The number of hydrogen-bond donors (Lipinski definition) is 4. The summed E-state index contributed by atoms with van der Waals surface area (Å²) in [4.78, 5) is 12.9. The Labute approximate surface area is 393 Å². The van der Waals surface area contributed by atoms with Crippen LogP contribution in [0.5, 0.6) is 0 Å². The summed E-state index contributed by atoms with van der Waals surface area (Å²) >= 11 is 0. The lowest BCUT2D eigenvalue weighted by atomic mass is 9.99. The molecule has 1 heterocycles. The number of carbonyl (C=O) groups excluding carboxylic acids is 1. The van der Waals surface area contributed by atoms with E-state index in [1.165, 1.54) is 180 Å². The first kappa shape index (κ1) is 60.4. The Bertz CT molecular complexity index is 1080. The van der Waals surface area contributed by atoms with Crippen LogP contribution in [-0.4, -0.2) is 89.6 Å². The smallest absolute Gasteiger partial charge is 0.306 e. The summed E-state index contributed by atoms with van der Waals surface area (Å²) < 4.78 is 22.9. The third-order valence-electron chi connectivity index (χ3n) is 12.6. The molecule has 9 heteroatoms. The second-order valence-corrected chi connectivity index (χ2v) is 18.7. The van der Waals surface area contributed by atoms with Crippen LogP contribution >= 0.6 is 0 Å². The molecule has 0 aliphatic carbocycles. The van der Waals surface area contributed by atoms with Crippen molar-refractivity contribution in [1.82, 2.24) is 0 Å². The van der Waals surface area contributed by atoms with E-state index in [-0.39, 0.29) is 19.2 Å². The molecule has 64 heavy (non-hydrogen) atoms. The number of rotatable bonds is 47. The van der Waals surface area contributed by atoms with Gasteiger partial charge in [0.05, 0.1) is 19.8 Å². The van der Waals surface area contributed by atoms with Crippen LogP contribution in [0.25, 0.3) is 0 Å². The maximum Gasteiger partial charge on any atom is 0.306 e. The van der Waals surface area contributed by atoms with Gasteiger partial charge in [-0.2, -0.15) is 0 Å². The summed E-state index contributed by atoms with van der Waals surface area (Å²) in [6.45, 7) is 4.59. The SMILES string of the molecule is CCCCCCC/C=C\C/C=C\C/C=C\CCCCCCCCCCCCC(=O)OC(COCCCCCCCCCCCCCCCCCC)COC1OC(CO)C(O)C(O)C1O. The standard InChI is InChI=1S/C55H102O9/c1-3-5-7-9-11-13-15-17-19-21-22-23-24-25-26-27-28-29-30-32-34-36-38-40-42-44-51(57)63-49(48-62-55-54(60)53(59)52(58)50(46-56)64-55)47-61-45-43-41-39-37-35-33-31-20-18-16-14-12-10-8-6-4-2/h15,17,21-22,24-25,49-50,52-56,58-60H,3-14,16,18-20,23,26-48H2,1-2H3/b17-15-,22-21-,25-24-. The molecule has 6 atom stereocenters. The summed E-state index contributed by atoms with van der Waals surface area (Å²) in [5.74, 6) is -0.314. The zero-order valence-corrected chi connectivity index (χ0v) is 41.5. The van der Waals surface area contributed by atoms with Gasteiger partial charge in [-0.1, -0.05) is 224 Å². The van der Waals surface area contributed by atoms with Gasteiger partial charge in [-0.3, -0.25) is 4.79 Å². The highest BCUT2D eigenvalue weighted by Crippen LogP contribution is 2.23. The number of carbonyl (C=O) groups is 1. The molecule has 1 saturated heterocycles. The molecule has 376 valence electrons. The minimum absolute atomic E-state index is 0.112. The van der Waals surface area contributed by atoms with Crippen molar-refractivity contribution in [2.45, 2.75) is 282 Å². The van der Waals surface area contributed by atoms with Gasteiger partial charge in [0.15, 0.2) is 6.29 Å². The molecule has 0 amide bonds. The highest BCUT2D eigenvalue weighted by Gasteiger charge is 2.44. The van der Waals surface area contributed by atoms with Crippen molar-refractivity contribution in [1.29, 1.82) is 0 Å². The molecule has 0 radical (unpaired) electrons. The second kappa shape index (κ2) is 46.5. The Morgan fingerprint density at radius 3 is 1.36 bits per heavy atom. The molecule has 1 aliphatic rings. The van der Waals surface area contributed by atoms with Crippen LogP contribution in [0.15, 0.2) is 36.5 Å². The van der Waals surface area contributed by atoms with Crippen molar-refractivity contribution in [3.8, 4) is 0 Å². The van der Waals surface area contributed by atoms with Gasteiger partial charge in [-0.05, 0) is 51.4 Å². The zero-order valence-electron chi connectivity index (χ0n) is 41.5. The van der Waals surface area contributed by atoms with Crippen molar-refractivity contribution in [2.24, 2.45) is 0 Å². The first-order valence-electron chi connectivity index (χ1n) is 27.1. The molecule has 0 aromatic rings. The van der Waals surface area contributed by atoms with Crippen LogP contribution in [0, 0.1) is 0 Å². The zero-order chi connectivity index (χ0) is 46.4. The van der Waals surface area contributed by atoms with Gasteiger partial charge < -0.3 is 39.4 Å². The van der Waals surface area contributed by atoms with Crippen molar-refractivity contribution in [3.63, 3.8) is 0 Å². The minimum Gasteiger partial charge on any atom is -0.457 e. The van der Waals surface area contributed by atoms with Gasteiger partial charge in [0, 0.05) is 13.0 Å². The van der Waals surface area contributed by atoms with E-state index in [0.29, 0.717) is 13.0 Å². The fourth-order valence-corrected chi connectivity index (χ4v) is 8.32. The van der Waals surface area contributed by atoms with E-state index in [9.17, 15) is 25.2 Å². The van der Waals surface area contributed by atoms with Crippen molar-refractivity contribution < 1.29 is 44.2 Å². The maximum absolute atomic E-state index is 12.9. The number of unbranched alkanes of at least 4 members (excludes halogenated alkanes) is 30. The van der Waals surface area contributed by atoms with E-state index in [1.54, 1.807) is 0 Å². The van der Waals surface area contributed by atoms with E-state index in [1.807, 2.05) is 0 Å². The van der Waals surface area contributed by atoms with Crippen LogP contribution in [-0.2, 0) is 23.7 Å². The summed E-state index contributed by atoms with van der Waals surface area (Å²) in [6, 6.07) is 0. The van der Waals surface area contributed by atoms with Crippen LogP contribution in [0.4, 0.5) is 0 Å². The van der Waals surface area contributed by atoms with Gasteiger partial charge in [-0.15, -0.1) is 0 Å². The molecule has 0 spiro atoms. The van der Waals surface area contributed by atoms with Gasteiger partial charge >= 0.3 is 5.97 Å². The summed E-state index contributed by atoms with van der Waals surface area (Å²) in [7, 11) is 0. The number of aliphatic hydroxyl groups excluding tert-OH is 4. The second-order valence-electron chi connectivity index (χ2n) is 18.7. The first-order valence-corrected chi connectivity index (χ1v) is 27.1. The number of hydrogen-bond acceptors (Lipinski definition) is 9. The topological polar surface area (TPSA) is 135 Å². The Balaban J connectivity index is 2.17. The molecule has 1 rings (SSSR count). The third-order valence-corrected chi connectivity index (χ3v) is 12.6. The Kier molecular flexibility index (Phi) is 43.9. The van der Waals surface area contributed by atoms with E-state index in [2.05, 4.69) is 50.3 Å². The summed E-state index contributed by atoms with van der Waals surface area (Å²) in [5.41, 5.74) is 0. The number of ether oxygens (including phenoxy) is 4. The summed E-state index contributed by atoms with van der Waals surface area (Å²) in [6.07, 6.45) is 50.3. The van der Waals surface area contributed by atoms with Crippen LogP contribution in [0.1, 0.15) is 245 Å². The fraction of sp³-hybridized carbons (Fsp3) is 0.873. The van der Waals surface area contributed by atoms with E-state index >= 15 is 0 Å². The van der Waals surface area contributed by atoms with Crippen molar-refractivity contribution >= 4 is 5.97 Å².